The summed E-state index contributed by atoms with van der Waals surface area (Å²) in [5, 5.41) is 6.22. The van der Waals surface area contributed by atoms with Gasteiger partial charge in [-0.3, -0.25) is 0 Å². The van der Waals surface area contributed by atoms with Crippen molar-refractivity contribution in [1.29, 1.82) is 0 Å². The Kier molecular flexibility index (Phi) is 7.72. The summed E-state index contributed by atoms with van der Waals surface area (Å²) in [6.07, 6.45) is 2.43. The topological polar surface area (TPSA) is 52.6 Å². The van der Waals surface area contributed by atoms with E-state index >= 15 is 0 Å². The Hall–Kier alpha value is -2.94. The highest BCUT2D eigenvalue weighted by molar-refractivity contribution is 8.01. The standard InChI is InChI=1S/C33H32N2O3S2/c1-2-6-25-19-23(9-12-24(25)5-1)21-38-32-29-16-15-28(34-29)31(32)37-20-22-10-13-26(14-11-22)36-17-18-39-33-35-27-7-3-4-8-30(27)40-33/h1-14,19,28-29,31-32,34H,15-18,20-21H2. The summed E-state index contributed by atoms with van der Waals surface area (Å²) in [6.45, 7) is 1.81. The van der Waals surface area contributed by atoms with Crippen LogP contribution in [-0.4, -0.2) is 41.6 Å². The molecule has 2 aliphatic heterocycles. The summed E-state index contributed by atoms with van der Waals surface area (Å²) >= 11 is 3.48. The minimum absolute atomic E-state index is 0.0645. The van der Waals surface area contributed by atoms with Crippen molar-refractivity contribution in [2.24, 2.45) is 0 Å². The Labute approximate surface area is 242 Å². The number of ether oxygens (including phenoxy) is 3. The van der Waals surface area contributed by atoms with Crippen molar-refractivity contribution in [2.75, 3.05) is 12.4 Å². The van der Waals surface area contributed by atoms with Crippen LogP contribution in [0.2, 0.25) is 0 Å². The van der Waals surface area contributed by atoms with Crippen molar-refractivity contribution in [3.8, 4) is 5.75 Å². The Morgan fingerprint density at radius 3 is 2.27 bits per heavy atom. The fourth-order valence-corrected chi connectivity index (χ4v) is 7.75. The van der Waals surface area contributed by atoms with E-state index < -0.39 is 0 Å². The Balaban J connectivity index is 0.889. The second-order valence-electron chi connectivity index (χ2n) is 10.5. The van der Waals surface area contributed by atoms with Crippen LogP contribution in [0.1, 0.15) is 24.0 Å². The number of thiazole rings is 1. The molecular weight excluding hydrogens is 537 g/mol. The van der Waals surface area contributed by atoms with Crippen LogP contribution in [0.4, 0.5) is 0 Å². The third kappa shape index (κ3) is 5.76. The molecule has 4 unspecified atom stereocenters. The maximum Gasteiger partial charge on any atom is 0.151 e. The lowest BCUT2D eigenvalue weighted by atomic mass is 9.94. The molecule has 1 N–H and O–H groups in total. The summed E-state index contributed by atoms with van der Waals surface area (Å²) in [7, 11) is 0. The summed E-state index contributed by atoms with van der Waals surface area (Å²) in [6, 6.07) is 32.3. The highest BCUT2D eigenvalue weighted by Gasteiger charge is 2.48. The first-order valence-corrected chi connectivity index (χ1v) is 15.8. The number of aromatic nitrogens is 1. The molecule has 2 fully saturated rings. The van der Waals surface area contributed by atoms with Crippen LogP contribution in [0.5, 0.6) is 5.75 Å². The third-order valence-electron chi connectivity index (χ3n) is 7.81. The second kappa shape index (κ2) is 11.9. The molecule has 0 aliphatic carbocycles. The van der Waals surface area contributed by atoms with E-state index in [-0.39, 0.29) is 12.2 Å². The first-order chi connectivity index (χ1) is 19.8. The summed E-state index contributed by atoms with van der Waals surface area (Å²) in [4.78, 5) is 4.68. The molecule has 0 amide bonds. The van der Waals surface area contributed by atoms with Gasteiger partial charge in [0.1, 0.15) is 18.0 Å². The fraction of sp³-hybridized carbons (Fsp3) is 0.303. The number of hydrogen-bond acceptors (Lipinski definition) is 7. The van der Waals surface area contributed by atoms with E-state index in [1.807, 2.05) is 18.2 Å². The molecule has 5 nitrogen and oxygen atoms in total. The first kappa shape index (κ1) is 26.0. The zero-order valence-corrected chi connectivity index (χ0v) is 23.8. The van der Waals surface area contributed by atoms with Crippen molar-refractivity contribution in [3.05, 3.63) is 102 Å². The highest BCUT2D eigenvalue weighted by Crippen LogP contribution is 2.34. The van der Waals surface area contributed by atoms with Gasteiger partial charge in [0.2, 0.25) is 0 Å². The van der Waals surface area contributed by atoms with E-state index in [4.69, 9.17) is 14.2 Å². The molecule has 7 heteroatoms. The third-order valence-corrected chi connectivity index (χ3v) is 9.95. The van der Waals surface area contributed by atoms with Crippen molar-refractivity contribution < 1.29 is 14.2 Å². The molecule has 2 aliphatic rings. The molecule has 0 radical (unpaired) electrons. The lowest BCUT2D eigenvalue weighted by Gasteiger charge is -2.29. The molecule has 2 bridgehead atoms. The van der Waals surface area contributed by atoms with E-state index in [0.29, 0.717) is 31.9 Å². The predicted molar refractivity (Wildman–Crippen MR) is 163 cm³/mol. The van der Waals surface area contributed by atoms with Crippen LogP contribution in [0.25, 0.3) is 21.0 Å². The minimum atomic E-state index is 0.0645. The van der Waals surface area contributed by atoms with Gasteiger partial charge in [0.15, 0.2) is 4.34 Å². The molecule has 5 aromatic rings. The number of benzene rings is 4. The molecule has 204 valence electrons. The maximum atomic E-state index is 6.48. The number of hydrogen-bond donors (Lipinski definition) is 1. The molecule has 7 rings (SSSR count). The number of rotatable bonds is 11. The summed E-state index contributed by atoms with van der Waals surface area (Å²) in [5.74, 6) is 1.74. The molecule has 40 heavy (non-hydrogen) atoms. The van der Waals surface area contributed by atoms with Crippen LogP contribution in [0, 0.1) is 0 Å². The molecule has 3 heterocycles. The quantitative estimate of drug-likeness (QED) is 0.134. The lowest BCUT2D eigenvalue weighted by Crippen LogP contribution is -2.40. The average Bonchev–Trinajstić information content (AvgIpc) is 3.72. The van der Waals surface area contributed by atoms with Crippen molar-refractivity contribution >= 4 is 44.1 Å². The average molecular weight is 569 g/mol. The van der Waals surface area contributed by atoms with Gasteiger partial charge in [-0.05, 0) is 65.1 Å². The molecule has 1 aromatic heterocycles. The van der Waals surface area contributed by atoms with Crippen molar-refractivity contribution in [3.63, 3.8) is 0 Å². The van der Waals surface area contributed by atoms with Crippen LogP contribution < -0.4 is 10.1 Å². The Bertz CT molecular complexity index is 1560. The van der Waals surface area contributed by atoms with E-state index in [1.165, 1.54) is 21.0 Å². The van der Waals surface area contributed by atoms with Gasteiger partial charge < -0.3 is 19.5 Å². The van der Waals surface area contributed by atoms with Gasteiger partial charge in [0, 0.05) is 17.8 Å². The Morgan fingerprint density at radius 1 is 0.775 bits per heavy atom. The van der Waals surface area contributed by atoms with E-state index in [2.05, 4.69) is 83.1 Å². The maximum absolute atomic E-state index is 6.48. The first-order valence-electron chi connectivity index (χ1n) is 14.0. The van der Waals surface area contributed by atoms with Gasteiger partial charge in [-0.1, -0.05) is 72.4 Å². The zero-order chi connectivity index (χ0) is 26.7. The van der Waals surface area contributed by atoms with Crippen LogP contribution >= 0.6 is 23.1 Å². The highest BCUT2D eigenvalue weighted by atomic mass is 32.2. The largest absolute Gasteiger partial charge is 0.493 e. The summed E-state index contributed by atoms with van der Waals surface area (Å²) in [5.41, 5.74) is 3.42. The van der Waals surface area contributed by atoms with Crippen molar-refractivity contribution in [2.45, 2.75) is 54.7 Å². The smallest absolute Gasteiger partial charge is 0.151 e. The van der Waals surface area contributed by atoms with Crippen LogP contribution in [0.3, 0.4) is 0 Å². The van der Waals surface area contributed by atoms with Gasteiger partial charge in [0.25, 0.3) is 0 Å². The zero-order valence-electron chi connectivity index (χ0n) is 22.2. The van der Waals surface area contributed by atoms with E-state index in [0.717, 1.165) is 39.8 Å². The fourth-order valence-electron chi connectivity index (χ4n) is 5.80. The van der Waals surface area contributed by atoms with Crippen molar-refractivity contribution in [1.82, 2.24) is 10.3 Å². The monoisotopic (exact) mass is 568 g/mol. The molecule has 0 saturated carbocycles. The summed E-state index contributed by atoms with van der Waals surface area (Å²) < 4.78 is 21.2. The van der Waals surface area contributed by atoms with Gasteiger partial charge in [-0.15, -0.1) is 11.3 Å². The van der Waals surface area contributed by atoms with Crippen LogP contribution in [-0.2, 0) is 22.7 Å². The second-order valence-corrected chi connectivity index (χ2v) is 12.9. The number of nitrogens with zero attached hydrogens (tertiary/aromatic N) is 1. The SMILES string of the molecule is c1ccc2cc(COC3C4CCC(N4)C3OCc3ccc(OCCSc4nc5ccccc5s4)cc3)ccc2c1. The number of nitrogens with one attached hydrogen (secondary N) is 1. The minimum Gasteiger partial charge on any atom is -0.493 e. The van der Waals surface area contributed by atoms with Crippen LogP contribution in [0.15, 0.2) is 95.3 Å². The van der Waals surface area contributed by atoms with E-state index in [1.54, 1.807) is 23.1 Å². The van der Waals surface area contributed by atoms with E-state index in [9.17, 15) is 0 Å². The molecule has 4 aromatic carbocycles. The normalized spacial score (nSPS) is 21.9. The Morgan fingerprint density at radius 2 is 1.48 bits per heavy atom. The lowest BCUT2D eigenvalue weighted by molar-refractivity contribution is -0.0887. The van der Waals surface area contributed by atoms with Gasteiger partial charge in [0.05, 0.1) is 30.0 Å². The van der Waals surface area contributed by atoms with Gasteiger partial charge >= 0.3 is 0 Å². The molecular formula is C33H32N2O3S2. The predicted octanol–water partition coefficient (Wildman–Crippen LogP) is 7.23. The molecule has 2 saturated heterocycles. The number of para-hydroxylation sites is 1. The number of thioether (sulfide) groups is 1. The molecule has 0 spiro atoms. The molecule has 4 atom stereocenters. The number of fused-ring (bicyclic) bond motifs is 4. The van der Waals surface area contributed by atoms with Gasteiger partial charge in [-0.25, -0.2) is 4.98 Å². The van der Waals surface area contributed by atoms with Gasteiger partial charge in [-0.2, -0.15) is 0 Å².